The van der Waals surface area contributed by atoms with E-state index in [1.54, 1.807) is 6.92 Å². The van der Waals surface area contributed by atoms with Crippen molar-refractivity contribution in [1.82, 2.24) is 5.32 Å². The van der Waals surface area contributed by atoms with E-state index in [2.05, 4.69) is 17.0 Å². The van der Waals surface area contributed by atoms with E-state index in [1.807, 2.05) is 24.3 Å². The first-order chi connectivity index (χ1) is 8.17. The van der Waals surface area contributed by atoms with Crippen LogP contribution < -0.4 is 10.1 Å². The van der Waals surface area contributed by atoms with Gasteiger partial charge in [0.15, 0.2) is 6.10 Å². The van der Waals surface area contributed by atoms with Crippen molar-refractivity contribution in [3.8, 4) is 5.75 Å². The third-order valence-corrected chi connectivity index (χ3v) is 2.35. The molecule has 1 rings (SSSR count). The fourth-order valence-corrected chi connectivity index (χ4v) is 1.37. The first-order valence-corrected chi connectivity index (χ1v) is 5.71. The second-order valence-corrected chi connectivity index (χ2v) is 3.71. The summed E-state index contributed by atoms with van der Waals surface area (Å²) in [5.74, 6) is 0.296. The van der Waals surface area contributed by atoms with Gasteiger partial charge in [0.1, 0.15) is 5.75 Å². The normalized spacial score (nSPS) is 11.9. The number of benzene rings is 1. The lowest BCUT2D eigenvalue weighted by Gasteiger charge is -2.12. The molecule has 4 heteroatoms. The average molecular weight is 237 g/mol. The van der Waals surface area contributed by atoms with Gasteiger partial charge in [0.25, 0.3) is 0 Å². The third kappa shape index (κ3) is 4.44. The molecule has 1 N–H and O–H groups in total. The highest BCUT2D eigenvalue weighted by Gasteiger charge is 2.14. The molecule has 0 spiro atoms. The number of methoxy groups -OCH3 is 1. The molecular formula is C13H19NO3. The molecule has 0 bridgehead atoms. The van der Waals surface area contributed by atoms with E-state index in [9.17, 15) is 4.79 Å². The zero-order valence-electron chi connectivity index (χ0n) is 10.5. The molecule has 0 fully saturated rings. The van der Waals surface area contributed by atoms with Crippen LogP contribution in [0.3, 0.4) is 0 Å². The van der Waals surface area contributed by atoms with Gasteiger partial charge in [-0.15, -0.1) is 0 Å². The van der Waals surface area contributed by atoms with Crippen LogP contribution in [0.2, 0.25) is 0 Å². The smallest absolute Gasteiger partial charge is 0.346 e. The van der Waals surface area contributed by atoms with Crippen LogP contribution in [0, 0.1) is 0 Å². The van der Waals surface area contributed by atoms with E-state index < -0.39 is 6.10 Å². The Morgan fingerprint density at radius 3 is 2.53 bits per heavy atom. The van der Waals surface area contributed by atoms with Crippen LogP contribution >= 0.6 is 0 Å². The van der Waals surface area contributed by atoms with Crippen LogP contribution in [0.5, 0.6) is 5.75 Å². The summed E-state index contributed by atoms with van der Waals surface area (Å²) in [6.45, 7) is 5.51. The standard InChI is InChI=1S/C13H19NO3/c1-4-14-9-11-5-7-12(8-6-11)17-10(2)13(15)16-3/h5-8,10,14H,4,9H2,1-3H3. The molecule has 0 aliphatic rings. The van der Waals surface area contributed by atoms with Gasteiger partial charge in [-0.2, -0.15) is 0 Å². The minimum absolute atomic E-state index is 0.373. The molecule has 0 saturated carbocycles. The van der Waals surface area contributed by atoms with Gasteiger partial charge in [0.05, 0.1) is 7.11 Å². The summed E-state index contributed by atoms with van der Waals surface area (Å²) in [6, 6.07) is 7.65. The molecule has 0 radical (unpaired) electrons. The molecule has 1 aromatic carbocycles. The summed E-state index contributed by atoms with van der Waals surface area (Å²) in [5, 5.41) is 3.24. The number of esters is 1. The Morgan fingerprint density at radius 1 is 1.35 bits per heavy atom. The highest BCUT2D eigenvalue weighted by molar-refractivity contribution is 5.74. The Balaban J connectivity index is 2.53. The minimum Gasteiger partial charge on any atom is -0.479 e. The van der Waals surface area contributed by atoms with Gasteiger partial charge in [-0.05, 0) is 31.2 Å². The Kier molecular flexibility index (Phi) is 5.49. The lowest BCUT2D eigenvalue weighted by Crippen LogP contribution is -2.24. The zero-order valence-corrected chi connectivity index (χ0v) is 10.5. The molecule has 1 atom stereocenters. The lowest BCUT2D eigenvalue weighted by molar-refractivity contribution is -0.147. The number of carbonyl (C=O) groups excluding carboxylic acids is 1. The molecule has 1 aromatic rings. The third-order valence-electron chi connectivity index (χ3n) is 2.35. The van der Waals surface area contributed by atoms with Crippen molar-refractivity contribution < 1.29 is 14.3 Å². The first kappa shape index (κ1) is 13.5. The Morgan fingerprint density at radius 2 is 2.00 bits per heavy atom. The van der Waals surface area contributed by atoms with E-state index >= 15 is 0 Å². The Labute approximate surface area is 102 Å². The summed E-state index contributed by atoms with van der Waals surface area (Å²) in [7, 11) is 1.35. The van der Waals surface area contributed by atoms with Gasteiger partial charge in [-0.25, -0.2) is 4.79 Å². The number of hydrogen-bond acceptors (Lipinski definition) is 4. The van der Waals surface area contributed by atoms with Crippen LogP contribution in [-0.2, 0) is 16.1 Å². The quantitative estimate of drug-likeness (QED) is 0.765. The second kappa shape index (κ2) is 6.91. The number of hydrogen-bond donors (Lipinski definition) is 1. The number of carbonyl (C=O) groups is 1. The second-order valence-electron chi connectivity index (χ2n) is 3.71. The molecule has 0 aliphatic heterocycles. The minimum atomic E-state index is -0.584. The maximum Gasteiger partial charge on any atom is 0.346 e. The van der Waals surface area contributed by atoms with Crippen molar-refractivity contribution in [3.05, 3.63) is 29.8 Å². The van der Waals surface area contributed by atoms with E-state index in [4.69, 9.17) is 4.74 Å². The number of nitrogens with one attached hydrogen (secondary N) is 1. The van der Waals surface area contributed by atoms with Crippen molar-refractivity contribution in [2.45, 2.75) is 26.5 Å². The van der Waals surface area contributed by atoms with Crippen molar-refractivity contribution in [3.63, 3.8) is 0 Å². The molecule has 0 saturated heterocycles. The molecule has 0 aromatic heterocycles. The highest BCUT2D eigenvalue weighted by Crippen LogP contribution is 2.14. The van der Waals surface area contributed by atoms with E-state index in [0.29, 0.717) is 5.75 Å². The molecule has 1 unspecified atom stereocenters. The van der Waals surface area contributed by atoms with Crippen LogP contribution in [0.25, 0.3) is 0 Å². The van der Waals surface area contributed by atoms with Crippen LogP contribution in [0.1, 0.15) is 19.4 Å². The van der Waals surface area contributed by atoms with Crippen LogP contribution in [0.15, 0.2) is 24.3 Å². The van der Waals surface area contributed by atoms with E-state index in [-0.39, 0.29) is 5.97 Å². The molecular weight excluding hydrogens is 218 g/mol. The van der Waals surface area contributed by atoms with Gasteiger partial charge in [0, 0.05) is 6.54 Å². The van der Waals surface area contributed by atoms with E-state index in [0.717, 1.165) is 13.1 Å². The average Bonchev–Trinajstić information content (AvgIpc) is 2.37. The topological polar surface area (TPSA) is 47.6 Å². The van der Waals surface area contributed by atoms with Crippen LogP contribution in [0.4, 0.5) is 0 Å². The lowest BCUT2D eigenvalue weighted by atomic mass is 10.2. The maximum absolute atomic E-state index is 11.2. The summed E-state index contributed by atoms with van der Waals surface area (Å²) >= 11 is 0. The van der Waals surface area contributed by atoms with Gasteiger partial charge in [-0.3, -0.25) is 0 Å². The van der Waals surface area contributed by atoms with Crippen molar-refractivity contribution >= 4 is 5.97 Å². The van der Waals surface area contributed by atoms with E-state index in [1.165, 1.54) is 12.7 Å². The molecule has 17 heavy (non-hydrogen) atoms. The number of rotatable bonds is 6. The fraction of sp³-hybridized carbons (Fsp3) is 0.462. The van der Waals surface area contributed by atoms with Crippen molar-refractivity contribution in [1.29, 1.82) is 0 Å². The summed E-state index contributed by atoms with van der Waals surface area (Å²) < 4.78 is 10.0. The highest BCUT2D eigenvalue weighted by atomic mass is 16.6. The fourth-order valence-electron chi connectivity index (χ4n) is 1.37. The SMILES string of the molecule is CCNCc1ccc(OC(C)C(=O)OC)cc1. The molecule has 0 aliphatic carbocycles. The van der Waals surface area contributed by atoms with Crippen molar-refractivity contribution in [2.75, 3.05) is 13.7 Å². The van der Waals surface area contributed by atoms with Crippen molar-refractivity contribution in [2.24, 2.45) is 0 Å². The van der Waals surface area contributed by atoms with Gasteiger partial charge in [0.2, 0.25) is 0 Å². The molecule has 94 valence electrons. The van der Waals surface area contributed by atoms with Gasteiger partial charge >= 0.3 is 5.97 Å². The van der Waals surface area contributed by atoms with Gasteiger partial charge in [-0.1, -0.05) is 19.1 Å². The summed E-state index contributed by atoms with van der Waals surface area (Å²) in [4.78, 5) is 11.2. The predicted octanol–water partition coefficient (Wildman–Crippen LogP) is 1.74. The Bertz CT molecular complexity index is 348. The summed E-state index contributed by atoms with van der Waals surface area (Å²) in [6.07, 6.45) is -0.584. The maximum atomic E-state index is 11.2. The summed E-state index contributed by atoms with van der Waals surface area (Å²) in [5.41, 5.74) is 1.19. The largest absolute Gasteiger partial charge is 0.479 e. The molecule has 0 heterocycles. The zero-order chi connectivity index (χ0) is 12.7. The predicted molar refractivity (Wildman–Crippen MR) is 65.9 cm³/mol. The Hall–Kier alpha value is -1.55. The molecule has 4 nitrogen and oxygen atoms in total. The van der Waals surface area contributed by atoms with Crippen LogP contribution in [-0.4, -0.2) is 25.7 Å². The van der Waals surface area contributed by atoms with Gasteiger partial charge < -0.3 is 14.8 Å². The first-order valence-electron chi connectivity index (χ1n) is 5.71. The monoisotopic (exact) mass is 237 g/mol. The molecule has 0 amide bonds. The number of ether oxygens (including phenoxy) is 2.